The van der Waals surface area contributed by atoms with Crippen molar-refractivity contribution in [2.45, 2.75) is 19.0 Å². The van der Waals surface area contributed by atoms with Crippen LogP contribution in [0, 0.1) is 10.1 Å². The molecule has 182 valence electrons. The van der Waals surface area contributed by atoms with Crippen LogP contribution in [0.1, 0.15) is 11.1 Å². The fourth-order valence-corrected chi connectivity index (χ4v) is 3.63. The van der Waals surface area contributed by atoms with Crippen LogP contribution in [0.3, 0.4) is 0 Å². The lowest BCUT2D eigenvalue weighted by Crippen LogP contribution is -2.51. The van der Waals surface area contributed by atoms with Gasteiger partial charge in [0.1, 0.15) is 11.8 Å². The van der Waals surface area contributed by atoms with Crippen LogP contribution in [0.2, 0.25) is 0 Å². The van der Waals surface area contributed by atoms with Gasteiger partial charge in [0, 0.05) is 32.1 Å². The van der Waals surface area contributed by atoms with Gasteiger partial charge >= 0.3 is 5.69 Å². The molecule has 0 aliphatic rings. The van der Waals surface area contributed by atoms with Crippen LogP contribution in [0.25, 0.3) is 0 Å². The van der Waals surface area contributed by atoms with Crippen LogP contribution in [0.5, 0.6) is 11.5 Å². The Morgan fingerprint density at radius 1 is 1.00 bits per heavy atom. The number of rotatable bonds is 11. The Morgan fingerprint density at radius 3 is 2.20 bits per heavy atom. The van der Waals surface area contributed by atoms with Gasteiger partial charge in [-0.3, -0.25) is 19.7 Å². The van der Waals surface area contributed by atoms with Gasteiger partial charge in [-0.2, -0.15) is 0 Å². The average molecular weight is 478 g/mol. The number of hydrogen-bond donors (Lipinski definition) is 1. The summed E-state index contributed by atoms with van der Waals surface area (Å²) in [7, 11) is 2.85. The quantitative estimate of drug-likeness (QED) is 0.335. The topological polar surface area (TPSA) is 111 Å². The van der Waals surface area contributed by atoms with Crippen LogP contribution in [0.15, 0.2) is 78.9 Å². The second-order valence-corrected chi connectivity index (χ2v) is 7.71. The van der Waals surface area contributed by atoms with Crippen molar-refractivity contribution in [1.29, 1.82) is 0 Å². The molecule has 9 heteroatoms. The maximum Gasteiger partial charge on any atom is 0.311 e. The maximum atomic E-state index is 13.4. The number of ether oxygens (including phenoxy) is 2. The summed E-state index contributed by atoms with van der Waals surface area (Å²) in [6.07, 6.45) is 0.324. The highest BCUT2D eigenvalue weighted by Crippen LogP contribution is 2.30. The molecule has 0 bridgehead atoms. The van der Waals surface area contributed by atoms with E-state index in [0.717, 1.165) is 11.1 Å². The van der Waals surface area contributed by atoms with E-state index in [2.05, 4.69) is 5.32 Å². The predicted molar refractivity (Wildman–Crippen MR) is 130 cm³/mol. The summed E-state index contributed by atoms with van der Waals surface area (Å²) in [5.74, 6) is -0.445. The van der Waals surface area contributed by atoms with Gasteiger partial charge in [-0.05, 0) is 17.2 Å². The third-order valence-electron chi connectivity index (χ3n) is 5.42. The minimum atomic E-state index is -0.773. The Morgan fingerprint density at radius 2 is 1.63 bits per heavy atom. The molecule has 0 aliphatic carbocycles. The van der Waals surface area contributed by atoms with Gasteiger partial charge in [-0.25, -0.2) is 0 Å². The van der Waals surface area contributed by atoms with Gasteiger partial charge in [-0.1, -0.05) is 60.7 Å². The zero-order chi connectivity index (χ0) is 25.2. The molecule has 0 heterocycles. The van der Waals surface area contributed by atoms with Gasteiger partial charge in [0.05, 0.1) is 12.0 Å². The van der Waals surface area contributed by atoms with E-state index in [1.165, 1.54) is 37.3 Å². The van der Waals surface area contributed by atoms with Gasteiger partial charge in [0.2, 0.25) is 11.7 Å². The van der Waals surface area contributed by atoms with Crippen molar-refractivity contribution < 1.29 is 24.0 Å². The van der Waals surface area contributed by atoms with E-state index >= 15 is 0 Å². The van der Waals surface area contributed by atoms with Crippen molar-refractivity contribution >= 4 is 17.5 Å². The second kappa shape index (κ2) is 12.2. The number of hydrogen-bond acceptors (Lipinski definition) is 6. The molecule has 3 aromatic rings. The molecule has 0 unspecified atom stereocenters. The van der Waals surface area contributed by atoms with Crippen molar-refractivity contribution in [2.75, 3.05) is 20.8 Å². The number of likely N-dealkylation sites (N-methyl/N-ethyl adjacent to an activating group) is 1. The van der Waals surface area contributed by atoms with Gasteiger partial charge in [0.15, 0.2) is 6.61 Å². The molecule has 2 amide bonds. The first-order chi connectivity index (χ1) is 16.9. The number of benzene rings is 3. The first kappa shape index (κ1) is 25.2. The molecule has 3 aromatic carbocycles. The smallest absolute Gasteiger partial charge is 0.311 e. The Bertz CT molecular complexity index is 1150. The lowest BCUT2D eigenvalue weighted by Gasteiger charge is -2.31. The molecule has 0 spiro atoms. The number of nitrogens with zero attached hydrogens (tertiary/aromatic N) is 2. The molecule has 0 fully saturated rings. The van der Waals surface area contributed by atoms with Crippen molar-refractivity contribution in [1.82, 2.24) is 10.2 Å². The number of nitro groups is 1. The van der Waals surface area contributed by atoms with Crippen molar-refractivity contribution in [3.8, 4) is 11.5 Å². The van der Waals surface area contributed by atoms with Crippen LogP contribution in [-0.2, 0) is 22.6 Å². The van der Waals surface area contributed by atoms with Crippen LogP contribution >= 0.6 is 0 Å². The van der Waals surface area contributed by atoms with Crippen molar-refractivity contribution in [3.63, 3.8) is 0 Å². The highest BCUT2D eigenvalue weighted by Gasteiger charge is 2.30. The number of methoxy groups -OCH3 is 1. The molecule has 0 saturated heterocycles. The van der Waals surface area contributed by atoms with E-state index < -0.39 is 16.9 Å². The lowest BCUT2D eigenvalue weighted by molar-refractivity contribution is -0.385. The molecule has 0 saturated carbocycles. The van der Waals surface area contributed by atoms with Gasteiger partial charge < -0.3 is 19.7 Å². The predicted octanol–water partition coefficient (Wildman–Crippen LogP) is 3.37. The molecule has 3 rings (SSSR count). The van der Waals surface area contributed by atoms with E-state index in [9.17, 15) is 19.7 Å². The van der Waals surface area contributed by atoms with Crippen LogP contribution in [-0.4, -0.2) is 48.4 Å². The Balaban J connectivity index is 1.85. The molecule has 0 aromatic heterocycles. The van der Waals surface area contributed by atoms with E-state index in [1.54, 1.807) is 0 Å². The fourth-order valence-electron chi connectivity index (χ4n) is 3.63. The zero-order valence-corrected chi connectivity index (χ0v) is 19.5. The first-order valence-corrected chi connectivity index (χ1v) is 11.0. The molecular weight excluding hydrogens is 450 g/mol. The summed E-state index contributed by atoms with van der Waals surface area (Å²) in [6, 6.07) is 22.1. The summed E-state index contributed by atoms with van der Waals surface area (Å²) in [5, 5.41) is 13.8. The largest absolute Gasteiger partial charge is 0.490 e. The van der Waals surface area contributed by atoms with Crippen LogP contribution < -0.4 is 14.8 Å². The lowest BCUT2D eigenvalue weighted by atomic mass is 10.0. The molecule has 35 heavy (non-hydrogen) atoms. The Hall–Kier alpha value is -4.40. The minimum Gasteiger partial charge on any atom is -0.490 e. The highest BCUT2D eigenvalue weighted by atomic mass is 16.6. The summed E-state index contributed by atoms with van der Waals surface area (Å²) < 4.78 is 10.7. The standard InChI is InChI=1S/C26H27N3O6/c1-27-26(31)23(15-19-9-5-3-6-10-19)28(17-20-11-7-4-8-12-20)25(30)18-35-21-13-14-22(29(32)33)24(16-21)34-2/h3-14,16,23H,15,17-18H2,1-2H3,(H,27,31)/t23-/m0/s1. The van der Waals surface area contributed by atoms with E-state index in [4.69, 9.17) is 9.47 Å². The monoisotopic (exact) mass is 477 g/mol. The number of nitrogens with one attached hydrogen (secondary N) is 1. The molecule has 0 aliphatic heterocycles. The SMILES string of the molecule is CNC(=O)[C@H](Cc1ccccc1)N(Cc1ccccc1)C(=O)COc1ccc([N+](=O)[O-])c(OC)c1. The Labute approximate surface area is 203 Å². The maximum absolute atomic E-state index is 13.4. The third kappa shape index (κ3) is 6.80. The molecular formula is C26H27N3O6. The molecule has 9 nitrogen and oxygen atoms in total. The second-order valence-electron chi connectivity index (χ2n) is 7.71. The molecule has 1 N–H and O–H groups in total. The van der Waals surface area contributed by atoms with Gasteiger partial charge in [-0.15, -0.1) is 0 Å². The van der Waals surface area contributed by atoms with E-state index in [0.29, 0.717) is 6.42 Å². The number of carbonyl (C=O) groups is 2. The highest BCUT2D eigenvalue weighted by molar-refractivity contribution is 5.88. The van der Waals surface area contributed by atoms with E-state index in [1.807, 2.05) is 60.7 Å². The number of carbonyl (C=O) groups excluding carboxylic acids is 2. The van der Waals surface area contributed by atoms with Gasteiger partial charge in [0.25, 0.3) is 5.91 Å². The Kier molecular flexibility index (Phi) is 8.77. The summed E-state index contributed by atoms with van der Waals surface area (Å²) in [6.45, 7) is -0.159. The first-order valence-electron chi connectivity index (χ1n) is 11.0. The summed E-state index contributed by atoms with van der Waals surface area (Å²) >= 11 is 0. The zero-order valence-electron chi connectivity index (χ0n) is 19.5. The van der Waals surface area contributed by atoms with Crippen molar-refractivity contribution in [2.24, 2.45) is 0 Å². The summed E-state index contributed by atoms with van der Waals surface area (Å²) in [5.41, 5.74) is 1.56. The fraction of sp³-hybridized carbons (Fsp3) is 0.231. The average Bonchev–Trinajstić information content (AvgIpc) is 2.89. The van der Waals surface area contributed by atoms with Crippen LogP contribution in [0.4, 0.5) is 5.69 Å². The number of nitro benzene ring substituents is 1. The molecule has 1 atom stereocenters. The number of amides is 2. The van der Waals surface area contributed by atoms with E-state index in [-0.39, 0.29) is 36.2 Å². The normalized spacial score (nSPS) is 11.3. The third-order valence-corrected chi connectivity index (χ3v) is 5.42. The van der Waals surface area contributed by atoms with Crippen molar-refractivity contribution in [3.05, 3.63) is 100 Å². The molecule has 0 radical (unpaired) electrons. The minimum absolute atomic E-state index is 0.0217. The summed E-state index contributed by atoms with van der Waals surface area (Å²) in [4.78, 5) is 38.3.